The first kappa shape index (κ1) is 12.8. The molecule has 3 nitrogen and oxygen atoms in total. The Bertz CT molecular complexity index is 168. The first-order valence-electron chi connectivity index (χ1n) is 4.76. The molecule has 0 aromatic rings. The van der Waals surface area contributed by atoms with Crippen LogP contribution in [-0.2, 0) is 15.9 Å². The van der Waals surface area contributed by atoms with Gasteiger partial charge >= 0.3 is 0 Å². The molecule has 0 aromatic heterocycles. The molecular formula is C9H18O3S. The smallest absolute Gasteiger partial charge is 0.152 e. The van der Waals surface area contributed by atoms with Gasteiger partial charge in [0.25, 0.3) is 0 Å². The lowest BCUT2D eigenvalue weighted by Gasteiger charge is -1.98. The van der Waals surface area contributed by atoms with E-state index in [2.05, 4.69) is 6.92 Å². The summed E-state index contributed by atoms with van der Waals surface area (Å²) in [7, 11) is 0. The van der Waals surface area contributed by atoms with Gasteiger partial charge in [0, 0.05) is 18.6 Å². The van der Waals surface area contributed by atoms with Crippen LogP contribution in [0.15, 0.2) is 0 Å². The van der Waals surface area contributed by atoms with Gasteiger partial charge in [-0.1, -0.05) is 13.3 Å². The first-order chi connectivity index (χ1) is 6.16. The van der Waals surface area contributed by atoms with Gasteiger partial charge in [0.05, 0.1) is 0 Å². The number of carbonyl (C=O) groups excluding carboxylic acids is 1. The quantitative estimate of drug-likeness (QED) is 0.489. The molecule has 0 saturated heterocycles. The predicted molar refractivity (Wildman–Crippen MR) is 54.0 cm³/mol. The highest BCUT2D eigenvalue weighted by atomic mass is 32.2. The number of carbonyl (C=O) groups is 1. The zero-order chi connectivity index (χ0) is 10.1. The van der Waals surface area contributed by atoms with E-state index in [-0.39, 0.29) is 5.78 Å². The maximum atomic E-state index is 11.1. The minimum Gasteiger partial charge on any atom is -0.306 e. The highest BCUT2D eigenvalue weighted by Gasteiger charge is 2.01. The van der Waals surface area contributed by atoms with Crippen molar-refractivity contribution in [3.05, 3.63) is 0 Å². The normalized spacial score (nSPS) is 12.8. The molecule has 0 rings (SSSR count). The number of Topliss-reactive ketones (excluding diaryl/α,β-unsaturated/α-hetero) is 1. The van der Waals surface area contributed by atoms with Crippen molar-refractivity contribution in [3.8, 4) is 0 Å². The fourth-order valence-corrected chi connectivity index (χ4v) is 1.50. The van der Waals surface area contributed by atoms with Crippen LogP contribution in [0.5, 0.6) is 0 Å². The molecule has 0 aliphatic rings. The summed E-state index contributed by atoms with van der Waals surface area (Å²) in [5, 5.41) is 0. The van der Waals surface area contributed by atoms with Gasteiger partial charge in [-0.2, -0.15) is 0 Å². The maximum absolute atomic E-state index is 11.1. The van der Waals surface area contributed by atoms with Crippen molar-refractivity contribution < 1.29 is 13.6 Å². The summed E-state index contributed by atoms with van der Waals surface area (Å²) in [6.45, 7) is 2.06. The third-order valence-corrected chi connectivity index (χ3v) is 2.47. The number of rotatable bonds is 8. The van der Waals surface area contributed by atoms with Crippen LogP contribution in [0.25, 0.3) is 0 Å². The third kappa shape index (κ3) is 9.70. The molecule has 0 radical (unpaired) electrons. The predicted octanol–water partition coefficient (Wildman–Crippen LogP) is 2.14. The number of ketones is 1. The summed E-state index contributed by atoms with van der Waals surface area (Å²) in [6.07, 6.45) is 4.66. The number of hydrogen-bond acceptors (Lipinski definition) is 2. The van der Waals surface area contributed by atoms with Gasteiger partial charge < -0.3 is 4.55 Å². The van der Waals surface area contributed by atoms with Crippen molar-refractivity contribution in [3.63, 3.8) is 0 Å². The average molecular weight is 206 g/mol. The molecule has 0 heterocycles. The molecule has 0 saturated carbocycles. The van der Waals surface area contributed by atoms with Crippen molar-refractivity contribution >= 4 is 16.9 Å². The molecule has 1 unspecified atom stereocenters. The highest BCUT2D eigenvalue weighted by Crippen LogP contribution is 2.03. The van der Waals surface area contributed by atoms with E-state index in [1.807, 2.05) is 0 Å². The molecule has 78 valence electrons. The van der Waals surface area contributed by atoms with Gasteiger partial charge in [-0.15, -0.1) is 0 Å². The van der Waals surface area contributed by atoms with Crippen LogP contribution < -0.4 is 0 Å². The molecular weight excluding hydrogens is 188 g/mol. The van der Waals surface area contributed by atoms with Crippen LogP contribution in [-0.4, -0.2) is 20.3 Å². The Morgan fingerprint density at radius 3 is 2.38 bits per heavy atom. The molecule has 0 aliphatic carbocycles. The van der Waals surface area contributed by atoms with E-state index in [1.54, 1.807) is 0 Å². The van der Waals surface area contributed by atoms with E-state index in [0.717, 1.165) is 19.3 Å². The van der Waals surface area contributed by atoms with Gasteiger partial charge in [-0.25, -0.2) is 4.21 Å². The van der Waals surface area contributed by atoms with Crippen LogP contribution >= 0.6 is 0 Å². The molecule has 0 spiro atoms. The van der Waals surface area contributed by atoms with Crippen LogP contribution in [0.4, 0.5) is 0 Å². The van der Waals surface area contributed by atoms with Crippen LogP contribution in [0.1, 0.15) is 45.4 Å². The Hall–Kier alpha value is -0.220. The molecule has 0 fully saturated rings. The van der Waals surface area contributed by atoms with Crippen molar-refractivity contribution in [2.45, 2.75) is 45.4 Å². The zero-order valence-electron chi connectivity index (χ0n) is 8.12. The second-order valence-corrected chi connectivity index (χ2v) is 4.18. The SMILES string of the molecule is CCCCC(=O)CCCCS(=O)O. The van der Waals surface area contributed by atoms with Crippen LogP contribution in [0.3, 0.4) is 0 Å². The summed E-state index contributed by atoms with van der Waals surface area (Å²) in [4.78, 5) is 11.1. The Balaban J connectivity index is 3.22. The summed E-state index contributed by atoms with van der Waals surface area (Å²) < 4.78 is 18.7. The van der Waals surface area contributed by atoms with Crippen molar-refractivity contribution in [1.29, 1.82) is 0 Å². The lowest BCUT2D eigenvalue weighted by molar-refractivity contribution is -0.119. The second-order valence-electron chi connectivity index (χ2n) is 3.12. The number of unbranched alkanes of at least 4 members (excludes halogenated alkanes) is 2. The van der Waals surface area contributed by atoms with E-state index in [4.69, 9.17) is 4.55 Å². The van der Waals surface area contributed by atoms with E-state index in [1.165, 1.54) is 0 Å². The molecule has 4 heteroatoms. The molecule has 0 aliphatic heterocycles. The van der Waals surface area contributed by atoms with Gasteiger partial charge in [0.15, 0.2) is 11.1 Å². The van der Waals surface area contributed by atoms with Gasteiger partial charge in [0.2, 0.25) is 0 Å². The summed E-state index contributed by atoms with van der Waals surface area (Å²) >= 11 is -1.70. The Kier molecular flexibility index (Phi) is 8.24. The van der Waals surface area contributed by atoms with Crippen molar-refractivity contribution in [2.24, 2.45) is 0 Å². The van der Waals surface area contributed by atoms with E-state index in [0.29, 0.717) is 25.0 Å². The topological polar surface area (TPSA) is 54.4 Å². The standard InChI is InChI=1S/C9H18O3S/c1-2-3-6-9(10)7-4-5-8-13(11)12/h2-8H2,1H3,(H,11,12). The zero-order valence-corrected chi connectivity index (χ0v) is 8.94. The first-order valence-corrected chi connectivity index (χ1v) is 6.03. The molecule has 1 atom stereocenters. The Labute approximate surface area is 82.2 Å². The van der Waals surface area contributed by atoms with E-state index >= 15 is 0 Å². The van der Waals surface area contributed by atoms with Gasteiger partial charge in [-0.05, 0) is 19.3 Å². The van der Waals surface area contributed by atoms with Crippen molar-refractivity contribution in [1.82, 2.24) is 0 Å². The average Bonchev–Trinajstić information content (AvgIpc) is 2.08. The molecule has 0 bridgehead atoms. The fourth-order valence-electron chi connectivity index (χ4n) is 1.05. The monoisotopic (exact) mass is 206 g/mol. The highest BCUT2D eigenvalue weighted by molar-refractivity contribution is 7.79. The minimum atomic E-state index is -1.70. The number of hydrogen-bond donors (Lipinski definition) is 1. The van der Waals surface area contributed by atoms with Crippen molar-refractivity contribution in [2.75, 3.05) is 5.75 Å². The van der Waals surface area contributed by atoms with Gasteiger partial charge in [-0.3, -0.25) is 4.79 Å². The fraction of sp³-hybridized carbons (Fsp3) is 0.889. The summed E-state index contributed by atoms with van der Waals surface area (Å²) in [5.41, 5.74) is 0. The Morgan fingerprint density at radius 1 is 1.23 bits per heavy atom. The second kappa shape index (κ2) is 8.38. The largest absolute Gasteiger partial charge is 0.306 e. The summed E-state index contributed by atoms with van der Waals surface area (Å²) in [6, 6.07) is 0. The Morgan fingerprint density at radius 2 is 1.85 bits per heavy atom. The molecule has 13 heavy (non-hydrogen) atoms. The molecule has 1 N–H and O–H groups in total. The molecule has 0 amide bonds. The lowest BCUT2D eigenvalue weighted by atomic mass is 10.1. The summed E-state index contributed by atoms with van der Waals surface area (Å²) in [5.74, 6) is 0.576. The lowest BCUT2D eigenvalue weighted by Crippen LogP contribution is -2.00. The maximum Gasteiger partial charge on any atom is 0.152 e. The van der Waals surface area contributed by atoms with Crippen LogP contribution in [0.2, 0.25) is 0 Å². The third-order valence-electron chi connectivity index (χ3n) is 1.83. The van der Waals surface area contributed by atoms with Crippen LogP contribution in [0, 0.1) is 0 Å². The van der Waals surface area contributed by atoms with E-state index < -0.39 is 11.1 Å². The van der Waals surface area contributed by atoms with E-state index in [9.17, 15) is 9.00 Å². The van der Waals surface area contributed by atoms with Gasteiger partial charge in [0.1, 0.15) is 5.78 Å². The minimum absolute atomic E-state index is 0.283. The molecule has 0 aromatic carbocycles.